The fourth-order valence-corrected chi connectivity index (χ4v) is 2.39. The number of nitrogens with one attached hydrogen (secondary N) is 1. The lowest BCUT2D eigenvalue weighted by Crippen LogP contribution is -2.08. The summed E-state index contributed by atoms with van der Waals surface area (Å²) < 4.78 is 5.82. The quantitative estimate of drug-likeness (QED) is 0.754. The van der Waals surface area contributed by atoms with Crippen LogP contribution in [0.25, 0.3) is 11.3 Å². The summed E-state index contributed by atoms with van der Waals surface area (Å²) in [5.74, 6) is 0.887. The van der Waals surface area contributed by atoms with Crippen LogP contribution in [0.4, 0.5) is 5.69 Å². The van der Waals surface area contributed by atoms with Gasteiger partial charge in [-0.25, -0.2) is 0 Å². The van der Waals surface area contributed by atoms with Crippen molar-refractivity contribution in [3.8, 4) is 17.0 Å². The van der Waals surface area contributed by atoms with Crippen molar-refractivity contribution in [2.75, 3.05) is 25.6 Å². The van der Waals surface area contributed by atoms with E-state index in [2.05, 4.69) is 39.4 Å². The summed E-state index contributed by atoms with van der Waals surface area (Å²) in [6.45, 7) is 0.671. The second-order valence-electron chi connectivity index (χ2n) is 5.65. The van der Waals surface area contributed by atoms with Crippen molar-refractivity contribution < 1.29 is 4.74 Å². The van der Waals surface area contributed by atoms with Crippen LogP contribution in [0.2, 0.25) is 0 Å². The molecule has 0 bridgehead atoms. The van der Waals surface area contributed by atoms with E-state index in [9.17, 15) is 0 Å². The molecular weight excluding hydrogens is 286 g/mol. The van der Waals surface area contributed by atoms with Gasteiger partial charge in [-0.15, -0.1) is 0 Å². The fourth-order valence-electron chi connectivity index (χ4n) is 2.39. The van der Waals surface area contributed by atoms with Gasteiger partial charge in [-0.2, -0.15) is 5.10 Å². The Hall–Kier alpha value is -2.75. The zero-order chi connectivity index (χ0) is 16.1. The van der Waals surface area contributed by atoms with Crippen molar-refractivity contribution in [2.45, 2.75) is 6.42 Å². The molecule has 0 aliphatic carbocycles. The lowest BCUT2D eigenvalue weighted by Gasteiger charge is -2.13. The van der Waals surface area contributed by atoms with E-state index in [0.29, 0.717) is 6.61 Å². The molecule has 1 N–H and O–H groups in total. The molecule has 1 aromatic heterocycles. The predicted molar refractivity (Wildman–Crippen MR) is 94.0 cm³/mol. The van der Waals surface area contributed by atoms with Gasteiger partial charge in [0.15, 0.2) is 0 Å². The molecule has 3 aromatic rings. The van der Waals surface area contributed by atoms with Crippen molar-refractivity contribution in [1.82, 2.24) is 10.2 Å². The van der Waals surface area contributed by atoms with Gasteiger partial charge in [0.25, 0.3) is 0 Å². The van der Waals surface area contributed by atoms with Crippen molar-refractivity contribution in [2.24, 2.45) is 0 Å². The lowest BCUT2D eigenvalue weighted by atomic mass is 10.1. The monoisotopic (exact) mass is 307 g/mol. The summed E-state index contributed by atoms with van der Waals surface area (Å²) in [6, 6.07) is 18.6. The number of H-pyrrole nitrogens is 1. The minimum absolute atomic E-state index is 0.671. The smallest absolute Gasteiger partial charge is 0.119 e. The number of benzene rings is 2. The SMILES string of the molecule is CN(C)c1ccc(CCOc2ccc(-c3ccn[nH]3)cc2)cc1. The first-order valence-corrected chi connectivity index (χ1v) is 7.71. The number of aromatic amines is 1. The Morgan fingerprint density at radius 1 is 0.957 bits per heavy atom. The Balaban J connectivity index is 1.52. The van der Waals surface area contributed by atoms with Crippen molar-refractivity contribution in [3.05, 3.63) is 66.4 Å². The molecule has 2 aromatic carbocycles. The van der Waals surface area contributed by atoms with Crippen LogP contribution >= 0.6 is 0 Å². The second-order valence-corrected chi connectivity index (χ2v) is 5.65. The van der Waals surface area contributed by atoms with Crippen LogP contribution in [0, 0.1) is 0 Å². The maximum absolute atomic E-state index is 5.82. The van der Waals surface area contributed by atoms with Gasteiger partial charge in [-0.3, -0.25) is 5.10 Å². The Bertz CT molecular complexity index is 716. The standard InChI is InChI=1S/C19H21N3O/c1-22(2)17-7-3-15(4-8-17)12-14-23-18-9-5-16(6-10-18)19-11-13-20-21-19/h3-11,13H,12,14H2,1-2H3,(H,20,21). The van der Waals surface area contributed by atoms with Crippen LogP contribution in [0.15, 0.2) is 60.8 Å². The van der Waals surface area contributed by atoms with Crippen molar-refractivity contribution >= 4 is 5.69 Å². The Morgan fingerprint density at radius 2 is 1.70 bits per heavy atom. The van der Waals surface area contributed by atoms with E-state index in [1.54, 1.807) is 6.20 Å². The molecule has 0 atom stereocenters. The molecule has 0 saturated heterocycles. The first-order chi connectivity index (χ1) is 11.2. The molecule has 0 aliphatic heterocycles. The minimum atomic E-state index is 0.671. The van der Waals surface area contributed by atoms with Gasteiger partial charge in [0.05, 0.1) is 12.3 Å². The second kappa shape index (κ2) is 7.01. The molecule has 4 nitrogen and oxygen atoms in total. The van der Waals surface area contributed by atoms with Crippen molar-refractivity contribution in [1.29, 1.82) is 0 Å². The zero-order valence-electron chi connectivity index (χ0n) is 13.5. The number of ether oxygens (including phenoxy) is 1. The van der Waals surface area contributed by atoms with E-state index in [1.807, 2.05) is 44.4 Å². The van der Waals surface area contributed by atoms with Gasteiger partial charge in [0.1, 0.15) is 5.75 Å². The third-order valence-corrected chi connectivity index (χ3v) is 3.78. The van der Waals surface area contributed by atoms with Gasteiger partial charge in [0.2, 0.25) is 0 Å². The molecular formula is C19H21N3O. The summed E-state index contributed by atoms with van der Waals surface area (Å²) in [7, 11) is 4.09. The number of nitrogens with zero attached hydrogens (tertiary/aromatic N) is 2. The van der Waals surface area contributed by atoms with Crippen LogP contribution in [0.1, 0.15) is 5.56 Å². The van der Waals surface area contributed by atoms with E-state index >= 15 is 0 Å². The maximum atomic E-state index is 5.82. The Kier molecular flexibility index (Phi) is 4.62. The summed E-state index contributed by atoms with van der Waals surface area (Å²) >= 11 is 0. The molecule has 0 amide bonds. The van der Waals surface area contributed by atoms with Crippen LogP contribution in [0.3, 0.4) is 0 Å². The number of anilines is 1. The third-order valence-electron chi connectivity index (χ3n) is 3.78. The average molecular weight is 307 g/mol. The maximum Gasteiger partial charge on any atom is 0.119 e. The van der Waals surface area contributed by atoms with Gasteiger partial charge in [-0.1, -0.05) is 12.1 Å². The number of hydrogen-bond donors (Lipinski definition) is 1. The van der Waals surface area contributed by atoms with Crippen LogP contribution in [0.5, 0.6) is 5.75 Å². The summed E-state index contributed by atoms with van der Waals surface area (Å²) in [5.41, 5.74) is 4.61. The van der Waals surface area contributed by atoms with E-state index in [4.69, 9.17) is 4.74 Å². The predicted octanol–water partition coefficient (Wildman–Crippen LogP) is 3.76. The molecule has 0 radical (unpaired) electrons. The summed E-state index contributed by atoms with van der Waals surface area (Å²) in [5, 5.41) is 6.92. The van der Waals surface area contributed by atoms with E-state index < -0.39 is 0 Å². The highest BCUT2D eigenvalue weighted by atomic mass is 16.5. The van der Waals surface area contributed by atoms with Crippen molar-refractivity contribution in [3.63, 3.8) is 0 Å². The topological polar surface area (TPSA) is 41.1 Å². The van der Waals surface area contributed by atoms with E-state index in [-0.39, 0.29) is 0 Å². The first-order valence-electron chi connectivity index (χ1n) is 7.71. The van der Waals surface area contributed by atoms with Crippen LogP contribution in [-0.2, 0) is 6.42 Å². The highest BCUT2D eigenvalue weighted by Crippen LogP contribution is 2.20. The average Bonchev–Trinajstić information content (AvgIpc) is 3.10. The molecule has 118 valence electrons. The van der Waals surface area contributed by atoms with E-state index in [0.717, 1.165) is 23.4 Å². The minimum Gasteiger partial charge on any atom is -0.493 e. The molecule has 0 saturated carbocycles. The fraction of sp³-hybridized carbons (Fsp3) is 0.211. The number of hydrogen-bond acceptors (Lipinski definition) is 3. The highest BCUT2D eigenvalue weighted by Gasteiger charge is 2.01. The molecule has 23 heavy (non-hydrogen) atoms. The lowest BCUT2D eigenvalue weighted by molar-refractivity contribution is 0.322. The molecule has 3 rings (SSSR count). The zero-order valence-corrected chi connectivity index (χ0v) is 13.5. The molecule has 1 heterocycles. The van der Waals surface area contributed by atoms with Crippen LogP contribution < -0.4 is 9.64 Å². The Labute approximate surface area is 136 Å². The normalized spacial score (nSPS) is 10.5. The Morgan fingerprint density at radius 3 is 2.30 bits per heavy atom. The number of rotatable bonds is 6. The molecule has 4 heteroatoms. The molecule has 0 fully saturated rings. The molecule has 0 aliphatic rings. The van der Waals surface area contributed by atoms with Gasteiger partial charge >= 0.3 is 0 Å². The third kappa shape index (κ3) is 3.92. The largest absolute Gasteiger partial charge is 0.493 e. The van der Waals surface area contributed by atoms with Gasteiger partial charge < -0.3 is 9.64 Å². The summed E-state index contributed by atoms with van der Waals surface area (Å²) in [6.07, 6.45) is 2.65. The number of aromatic nitrogens is 2. The molecule has 0 unspecified atom stereocenters. The van der Waals surface area contributed by atoms with Crippen LogP contribution in [-0.4, -0.2) is 30.9 Å². The summed E-state index contributed by atoms with van der Waals surface area (Å²) in [4.78, 5) is 2.10. The van der Waals surface area contributed by atoms with Gasteiger partial charge in [0, 0.05) is 32.4 Å². The highest BCUT2D eigenvalue weighted by molar-refractivity contribution is 5.59. The van der Waals surface area contributed by atoms with E-state index in [1.165, 1.54) is 11.3 Å². The van der Waals surface area contributed by atoms with Gasteiger partial charge in [-0.05, 0) is 53.6 Å². The molecule has 0 spiro atoms. The first kappa shape index (κ1) is 15.2.